The smallest absolute Gasteiger partial charge is 0.287 e. The molecule has 0 saturated heterocycles. The van der Waals surface area contributed by atoms with E-state index in [1.165, 1.54) is 10.3 Å². The predicted molar refractivity (Wildman–Crippen MR) is 76.3 cm³/mol. The van der Waals surface area contributed by atoms with Crippen LogP contribution in [-0.4, -0.2) is 16.3 Å². The number of nitrogens with zero attached hydrogens (tertiary/aromatic N) is 2. The first kappa shape index (κ1) is 14.8. The number of rotatable bonds is 6. The summed E-state index contributed by atoms with van der Waals surface area (Å²) in [5.41, 5.74) is 1.57. The highest BCUT2D eigenvalue weighted by Crippen LogP contribution is 2.15. The number of hydrogen-bond acceptors (Lipinski definition) is 3. The minimum absolute atomic E-state index is 0.211. The number of anilines is 1. The Kier molecular flexibility index (Phi) is 5.92. The fourth-order valence-electron chi connectivity index (χ4n) is 1.42. The molecule has 0 radical (unpaired) electrons. The van der Waals surface area contributed by atoms with Gasteiger partial charge >= 0.3 is 0 Å². The maximum Gasteiger partial charge on any atom is 0.287 e. The van der Waals surface area contributed by atoms with Crippen molar-refractivity contribution in [2.24, 2.45) is 0 Å². The molecule has 18 heavy (non-hydrogen) atoms. The summed E-state index contributed by atoms with van der Waals surface area (Å²) in [6.45, 7) is 7.36. The zero-order valence-corrected chi connectivity index (χ0v) is 11.9. The summed E-state index contributed by atoms with van der Waals surface area (Å²) >= 11 is 6.04. The predicted octanol–water partition coefficient (Wildman–Crippen LogP) is 3.07. The first-order valence-corrected chi connectivity index (χ1v) is 6.57. The van der Waals surface area contributed by atoms with Crippen LogP contribution in [0, 0.1) is 0 Å². The summed E-state index contributed by atoms with van der Waals surface area (Å²) in [4.78, 5) is 11.9. The van der Waals surface area contributed by atoms with Crippen LogP contribution in [-0.2, 0) is 6.54 Å². The van der Waals surface area contributed by atoms with E-state index in [2.05, 4.69) is 17.3 Å². The molecule has 0 unspecified atom stereocenters. The number of unbranched alkanes of at least 4 members (excludes halogenated alkanes) is 1. The molecule has 1 N–H and O–H groups in total. The highest BCUT2D eigenvalue weighted by Gasteiger charge is 2.07. The standard InChI is InChI=1S/C13H20ClN3O/c1-4-5-8-17-13(18)12(14)11(9-16-17)15-7-6-10(2)3/h6,9,15H,4-5,7-8H2,1-3H3. The van der Waals surface area contributed by atoms with Crippen molar-refractivity contribution in [3.8, 4) is 0 Å². The highest BCUT2D eigenvalue weighted by molar-refractivity contribution is 6.32. The Morgan fingerprint density at radius 2 is 2.28 bits per heavy atom. The molecule has 4 nitrogen and oxygen atoms in total. The van der Waals surface area contributed by atoms with E-state index in [1.54, 1.807) is 6.20 Å². The van der Waals surface area contributed by atoms with Crippen molar-refractivity contribution in [1.82, 2.24) is 9.78 Å². The Morgan fingerprint density at radius 1 is 1.56 bits per heavy atom. The van der Waals surface area contributed by atoms with Crippen LogP contribution < -0.4 is 10.9 Å². The van der Waals surface area contributed by atoms with Gasteiger partial charge in [-0.15, -0.1) is 0 Å². The second kappa shape index (κ2) is 7.21. The van der Waals surface area contributed by atoms with Crippen molar-refractivity contribution in [2.45, 2.75) is 40.2 Å². The lowest BCUT2D eigenvalue weighted by Crippen LogP contribution is -2.24. The average Bonchev–Trinajstić information content (AvgIpc) is 2.33. The minimum Gasteiger partial charge on any atom is -0.379 e. The van der Waals surface area contributed by atoms with Gasteiger partial charge in [0, 0.05) is 13.1 Å². The molecule has 1 heterocycles. The van der Waals surface area contributed by atoms with Crippen molar-refractivity contribution < 1.29 is 0 Å². The molecule has 0 aromatic carbocycles. The summed E-state index contributed by atoms with van der Waals surface area (Å²) in [5, 5.41) is 7.41. The topological polar surface area (TPSA) is 46.9 Å². The van der Waals surface area contributed by atoms with Crippen LogP contribution in [0.2, 0.25) is 5.02 Å². The van der Waals surface area contributed by atoms with Crippen molar-refractivity contribution in [2.75, 3.05) is 11.9 Å². The molecule has 0 aliphatic heterocycles. The average molecular weight is 270 g/mol. The largest absolute Gasteiger partial charge is 0.379 e. The van der Waals surface area contributed by atoms with Gasteiger partial charge in [0.1, 0.15) is 5.02 Å². The fraction of sp³-hybridized carbons (Fsp3) is 0.538. The second-order valence-corrected chi connectivity index (χ2v) is 4.79. The molecule has 1 rings (SSSR count). The Bertz CT molecular complexity index is 476. The maximum absolute atomic E-state index is 11.9. The summed E-state index contributed by atoms with van der Waals surface area (Å²) in [6.07, 6.45) is 5.58. The Balaban J connectivity index is 2.80. The SMILES string of the molecule is CCCCn1ncc(NCC=C(C)C)c(Cl)c1=O. The molecule has 0 spiro atoms. The van der Waals surface area contributed by atoms with Gasteiger partial charge in [-0.3, -0.25) is 4.79 Å². The lowest BCUT2D eigenvalue weighted by molar-refractivity contribution is 0.543. The molecule has 1 aromatic heterocycles. The van der Waals surface area contributed by atoms with Crippen LogP contribution in [0.3, 0.4) is 0 Å². The van der Waals surface area contributed by atoms with Crippen molar-refractivity contribution >= 4 is 17.3 Å². The van der Waals surface area contributed by atoms with Crippen LogP contribution in [0.25, 0.3) is 0 Å². The highest BCUT2D eigenvalue weighted by atomic mass is 35.5. The lowest BCUT2D eigenvalue weighted by atomic mass is 10.3. The molecule has 0 atom stereocenters. The molecule has 0 aliphatic carbocycles. The second-order valence-electron chi connectivity index (χ2n) is 4.42. The molecule has 1 aromatic rings. The number of aryl methyl sites for hydroxylation is 1. The lowest BCUT2D eigenvalue weighted by Gasteiger charge is -2.08. The number of allylic oxidation sites excluding steroid dienone is 1. The van der Waals surface area contributed by atoms with Gasteiger partial charge < -0.3 is 5.32 Å². The molecular formula is C13H20ClN3O. The Hall–Kier alpha value is -1.29. The number of hydrogen-bond donors (Lipinski definition) is 1. The van der Waals surface area contributed by atoms with E-state index in [0.29, 0.717) is 18.8 Å². The van der Waals surface area contributed by atoms with Crippen LogP contribution in [0.15, 0.2) is 22.6 Å². The van der Waals surface area contributed by atoms with Gasteiger partial charge in [0.15, 0.2) is 0 Å². The van der Waals surface area contributed by atoms with Crippen LogP contribution >= 0.6 is 11.6 Å². The van der Waals surface area contributed by atoms with E-state index in [4.69, 9.17) is 11.6 Å². The third kappa shape index (κ3) is 4.18. The molecule has 0 bridgehead atoms. The van der Waals surface area contributed by atoms with Crippen molar-refractivity contribution in [3.63, 3.8) is 0 Å². The quantitative estimate of drug-likeness (QED) is 0.808. The van der Waals surface area contributed by atoms with Gasteiger partial charge in [0.05, 0.1) is 11.9 Å². The minimum atomic E-state index is -0.229. The fourth-order valence-corrected chi connectivity index (χ4v) is 1.63. The number of aromatic nitrogens is 2. The first-order valence-electron chi connectivity index (χ1n) is 6.19. The van der Waals surface area contributed by atoms with Gasteiger partial charge in [0.25, 0.3) is 5.56 Å². The molecule has 5 heteroatoms. The summed E-state index contributed by atoms with van der Waals surface area (Å²) in [5.74, 6) is 0. The monoisotopic (exact) mass is 269 g/mol. The van der Waals surface area contributed by atoms with Crippen LogP contribution in [0.4, 0.5) is 5.69 Å². The molecule has 0 saturated carbocycles. The zero-order valence-electron chi connectivity index (χ0n) is 11.2. The summed E-state index contributed by atoms with van der Waals surface area (Å²) < 4.78 is 1.41. The van der Waals surface area contributed by atoms with Gasteiger partial charge in [-0.05, 0) is 20.3 Å². The number of nitrogens with one attached hydrogen (secondary N) is 1. The van der Waals surface area contributed by atoms with E-state index < -0.39 is 0 Å². The Morgan fingerprint density at radius 3 is 2.89 bits per heavy atom. The third-order valence-electron chi connectivity index (χ3n) is 2.51. The van der Waals surface area contributed by atoms with Gasteiger partial charge in [-0.2, -0.15) is 5.10 Å². The molecule has 100 valence electrons. The first-order chi connectivity index (χ1) is 8.56. The van der Waals surface area contributed by atoms with E-state index in [1.807, 2.05) is 19.9 Å². The zero-order chi connectivity index (χ0) is 13.5. The van der Waals surface area contributed by atoms with Crippen LogP contribution in [0.1, 0.15) is 33.6 Å². The third-order valence-corrected chi connectivity index (χ3v) is 2.88. The van der Waals surface area contributed by atoms with Crippen molar-refractivity contribution in [1.29, 1.82) is 0 Å². The van der Waals surface area contributed by atoms with Crippen molar-refractivity contribution in [3.05, 3.63) is 33.2 Å². The van der Waals surface area contributed by atoms with Gasteiger partial charge in [-0.25, -0.2) is 4.68 Å². The van der Waals surface area contributed by atoms with Gasteiger partial charge in [0.2, 0.25) is 0 Å². The summed E-state index contributed by atoms with van der Waals surface area (Å²) in [6, 6.07) is 0. The normalized spacial score (nSPS) is 10.2. The molecule has 0 fully saturated rings. The van der Waals surface area contributed by atoms with E-state index in [0.717, 1.165) is 12.8 Å². The maximum atomic E-state index is 11.9. The molecule has 0 aliphatic rings. The van der Waals surface area contributed by atoms with E-state index in [-0.39, 0.29) is 10.6 Å². The molecule has 0 amide bonds. The Labute approximate surface area is 113 Å². The van der Waals surface area contributed by atoms with E-state index >= 15 is 0 Å². The number of halogens is 1. The van der Waals surface area contributed by atoms with E-state index in [9.17, 15) is 4.79 Å². The summed E-state index contributed by atoms with van der Waals surface area (Å²) in [7, 11) is 0. The van der Waals surface area contributed by atoms with Crippen LogP contribution in [0.5, 0.6) is 0 Å². The van der Waals surface area contributed by atoms with Gasteiger partial charge in [-0.1, -0.05) is 36.6 Å². The molecular weight excluding hydrogens is 250 g/mol.